The highest BCUT2D eigenvalue weighted by atomic mass is 16.4. The number of carbonyl (C=O) groups is 1. The Morgan fingerprint density at radius 1 is 1.40 bits per heavy atom. The SMILES string of the molecule is CC1C=CC=CC1C(=O)O. The molecule has 0 aromatic heterocycles. The Hall–Kier alpha value is -1.05. The van der Waals surface area contributed by atoms with Crippen LogP contribution in [-0.2, 0) is 4.79 Å². The molecule has 0 saturated carbocycles. The number of hydrogen-bond donors (Lipinski definition) is 1. The van der Waals surface area contributed by atoms with Crippen molar-refractivity contribution < 1.29 is 9.90 Å². The zero-order chi connectivity index (χ0) is 7.56. The van der Waals surface area contributed by atoms with Crippen LogP contribution >= 0.6 is 0 Å². The normalized spacial score (nSPS) is 30.5. The van der Waals surface area contributed by atoms with E-state index in [1.807, 2.05) is 19.1 Å². The second kappa shape index (κ2) is 2.69. The first kappa shape index (κ1) is 7.06. The summed E-state index contributed by atoms with van der Waals surface area (Å²) in [5.41, 5.74) is 0. The van der Waals surface area contributed by atoms with Crippen molar-refractivity contribution in [2.24, 2.45) is 11.8 Å². The van der Waals surface area contributed by atoms with Gasteiger partial charge in [-0.15, -0.1) is 0 Å². The molecule has 2 atom stereocenters. The fraction of sp³-hybridized carbons (Fsp3) is 0.375. The molecule has 0 aliphatic heterocycles. The molecule has 0 aromatic rings. The number of aliphatic carboxylic acids is 1. The Labute approximate surface area is 59.9 Å². The van der Waals surface area contributed by atoms with Crippen molar-refractivity contribution in [2.75, 3.05) is 0 Å². The first-order valence-electron chi connectivity index (χ1n) is 3.29. The standard InChI is InChI=1S/C8H10O2/c1-6-4-2-3-5-7(6)8(9)10/h2-7H,1H3,(H,9,10). The lowest BCUT2D eigenvalue weighted by Crippen LogP contribution is -2.19. The zero-order valence-corrected chi connectivity index (χ0v) is 5.82. The van der Waals surface area contributed by atoms with E-state index < -0.39 is 5.97 Å². The van der Waals surface area contributed by atoms with E-state index in [0.29, 0.717) is 0 Å². The molecule has 2 unspecified atom stereocenters. The average Bonchev–Trinajstić information content (AvgIpc) is 1.88. The van der Waals surface area contributed by atoms with Crippen LogP contribution in [0.15, 0.2) is 24.3 Å². The third-order valence-corrected chi connectivity index (χ3v) is 1.70. The van der Waals surface area contributed by atoms with Crippen LogP contribution in [0, 0.1) is 11.8 Å². The van der Waals surface area contributed by atoms with Crippen LogP contribution in [0.1, 0.15) is 6.92 Å². The number of carboxylic acid groups (broad SMARTS) is 1. The highest BCUT2D eigenvalue weighted by Gasteiger charge is 2.20. The summed E-state index contributed by atoms with van der Waals surface area (Å²) in [4.78, 5) is 10.5. The van der Waals surface area contributed by atoms with E-state index >= 15 is 0 Å². The Morgan fingerprint density at radius 2 is 2.00 bits per heavy atom. The lowest BCUT2D eigenvalue weighted by molar-refractivity contribution is -0.141. The number of carboxylic acids is 1. The molecule has 1 aliphatic rings. The molecular formula is C8H10O2. The van der Waals surface area contributed by atoms with Gasteiger partial charge < -0.3 is 5.11 Å². The summed E-state index contributed by atoms with van der Waals surface area (Å²) in [7, 11) is 0. The minimum absolute atomic E-state index is 0.127. The van der Waals surface area contributed by atoms with Crippen LogP contribution in [0.25, 0.3) is 0 Å². The molecule has 0 spiro atoms. The van der Waals surface area contributed by atoms with Crippen LogP contribution in [0.5, 0.6) is 0 Å². The van der Waals surface area contributed by atoms with Gasteiger partial charge in [0.25, 0.3) is 0 Å². The van der Waals surface area contributed by atoms with Crippen LogP contribution in [0.3, 0.4) is 0 Å². The van der Waals surface area contributed by atoms with Crippen LogP contribution in [0.2, 0.25) is 0 Å². The molecule has 0 radical (unpaired) electrons. The monoisotopic (exact) mass is 138 g/mol. The van der Waals surface area contributed by atoms with Crippen LogP contribution in [0.4, 0.5) is 0 Å². The van der Waals surface area contributed by atoms with Crippen molar-refractivity contribution in [2.45, 2.75) is 6.92 Å². The van der Waals surface area contributed by atoms with Gasteiger partial charge in [0.2, 0.25) is 0 Å². The lowest BCUT2D eigenvalue weighted by Gasteiger charge is -2.14. The Morgan fingerprint density at radius 3 is 2.40 bits per heavy atom. The van der Waals surface area contributed by atoms with Gasteiger partial charge in [-0.3, -0.25) is 4.79 Å². The van der Waals surface area contributed by atoms with E-state index in [0.717, 1.165) is 0 Å². The largest absolute Gasteiger partial charge is 0.481 e. The molecule has 0 fully saturated rings. The highest BCUT2D eigenvalue weighted by Crippen LogP contribution is 2.18. The van der Waals surface area contributed by atoms with Gasteiger partial charge >= 0.3 is 5.97 Å². The van der Waals surface area contributed by atoms with E-state index in [9.17, 15) is 4.79 Å². The van der Waals surface area contributed by atoms with Gasteiger partial charge in [0.1, 0.15) is 0 Å². The average molecular weight is 138 g/mol. The first-order valence-corrected chi connectivity index (χ1v) is 3.29. The summed E-state index contributed by atoms with van der Waals surface area (Å²) >= 11 is 0. The van der Waals surface area contributed by atoms with Crippen molar-refractivity contribution in [3.63, 3.8) is 0 Å². The molecule has 0 heterocycles. The first-order chi connectivity index (χ1) is 4.72. The summed E-state index contributed by atoms with van der Waals surface area (Å²) < 4.78 is 0. The van der Waals surface area contributed by atoms with Gasteiger partial charge in [0.05, 0.1) is 5.92 Å². The summed E-state index contributed by atoms with van der Waals surface area (Å²) in [6.07, 6.45) is 7.27. The van der Waals surface area contributed by atoms with E-state index in [-0.39, 0.29) is 11.8 Å². The van der Waals surface area contributed by atoms with Crippen LogP contribution < -0.4 is 0 Å². The summed E-state index contributed by atoms with van der Waals surface area (Å²) in [6.45, 7) is 1.90. The molecule has 0 aromatic carbocycles. The maximum absolute atomic E-state index is 10.5. The van der Waals surface area contributed by atoms with Crippen molar-refractivity contribution in [3.8, 4) is 0 Å². The predicted molar refractivity (Wildman–Crippen MR) is 38.6 cm³/mol. The molecular weight excluding hydrogens is 128 g/mol. The zero-order valence-electron chi connectivity index (χ0n) is 5.82. The highest BCUT2D eigenvalue weighted by molar-refractivity contribution is 5.73. The van der Waals surface area contributed by atoms with Gasteiger partial charge in [0.15, 0.2) is 0 Å². The Kier molecular flexibility index (Phi) is 1.90. The molecule has 2 nitrogen and oxygen atoms in total. The summed E-state index contributed by atoms with van der Waals surface area (Å²) in [5, 5.41) is 8.62. The minimum atomic E-state index is -0.742. The Bertz CT molecular complexity index is 191. The summed E-state index contributed by atoms with van der Waals surface area (Å²) in [5.74, 6) is -0.944. The maximum atomic E-state index is 10.5. The maximum Gasteiger partial charge on any atom is 0.310 e. The molecule has 10 heavy (non-hydrogen) atoms. The Balaban J connectivity index is 2.70. The molecule has 54 valence electrons. The fourth-order valence-electron chi connectivity index (χ4n) is 1.03. The van der Waals surface area contributed by atoms with Crippen molar-refractivity contribution >= 4 is 5.97 Å². The van der Waals surface area contributed by atoms with E-state index in [1.165, 1.54) is 0 Å². The van der Waals surface area contributed by atoms with Gasteiger partial charge in [-0.05, 0) is 5.92 Å². The molecule has 0 saturated heterocycles. The van der Waals surface area contributed by atoms with Crippen molar-refractivity contribution in [1.29, 1.82) is 0 Å². The smallest absolute Gasteiger partial charge is 0.310 e. The van der Waals surface area contributed by atoms with E-state index in [2.05, 4.69) is 0 Å². The topological polar surface area (TPSA) is 37.3 Å². The molecule has 1 N–H and O–H groups in total. The number of allylic oxidation sites excluding steroid dienone is 3. The predicted octanol–water partition coefficient (Wildman–Crippen LogP) is 1.45. The third-order valence-electron chi connectivity index (χ3n) is 1.70. The van der Waals surface area contributed by atoms with Crippen LogP contribution in [-0.4, -0.2) is 11.1 Å². The van der Waals surface area contributed by atoms with Gasteiger partial charge in [-0.25, -0.2) is 0 Å². The molecule has 0 amide bonds. The molecule has 1 rings (SSSR count). The molecule has 2 heteroatoms. The second-order valence-electron chi connectivity index (χ2n) is 2.49. The minimum Gasteiger partial charge on any atom is -0.481 e. The van der Waals surface area contributed by atoms with Gasteiger partial charge in [-0.1, -0.05) is 31.2 Å². The fourth-order valence-corrected chi connectivity index (χ4v) is 1.03. The third kappa shape index (κ3) is 1.26. The lowest BCUT2D eigenvalue weighted by atomic mass is 9.90. The van der Waals surface area contributed by atoms with Gasteiger partial charge in [-0.2, -0.15) is 0 Å². The molecule has 0 bridgehead atoms. The quantitative estimate of drug-likeness (QED) is 0.595. The van der Waals surface area contributed by atoms with Crippen molar-refractivity contribution in [3.05, 3.63) is 24.3 Å². The summed E-state index contributed by atoms with van der Waals surface area (Å²) in [6, 6.07) is 0. The van der Waals surface area contributed by atoms with E-state index in [1.54, 1.807) is 12.2 Å². The van der Waals surface area contributed by atoms with E-state index in [4.69, 9.17) is 5.11 Å². The van der Waals surface area contributed by atoms with Gasteiger partial charge in [0, 0.05) is 0 Å². The number of rotatable bonds is 1. The number of hydrogen-bond acceptors (Lipinski definition) is 1. The molecule has 1 aliphatic carbocycles. The van der Waals surface area contributed by atoms with Crippen molar-refractivity contribution in [1.82, 2.24) is 0 Å². The second-order valence-corrected chi connectivity index (χ2v) is 2.49.